The number of allylic oxidation sites excluding steroid dienone is 1. The molecule has 0 fully saturated rings. The Kier molecular flexibility index (Phi) is 5.00. The highest BCUT2D eigenvalue weighted by molar-refractivity contribution is 6.38. The number of Topliss-reactive ketones (excluding diaryl/α,β-unsaturated/α-hetero) is 2. The molecule has 1 spiro atoms. The Hall–Kier alpha value is -4.57. The van der Waals surface area contributed by atoms with Crippen molar-refractivity contribution >= 4 is 29.0 Å². The van der Waals surface area contributed by atoms with Crippen molar-refractivity contribution in [2.45, 2.75) is 11.5 Å². The Morgan fingerprint density at radius 1 is 0.629 bits per heavy atom. The lowest BCUT2D eigenvalue weighted by Crippen LogP contribution is -2.56. The normalized spacial score (nSPS) is 18.3. The molecule has 4 heteroatoms. The molecule has 0 radical (unpaired) electrons. The zero-order chi connectivity index (χ0) is 23.8. The second kappa shape index (κ2) is 8.33. The molecule has 4 aromatic rings. The van der Waals surface area contributed by atoms with Gasteiger partial charge in [0, 0.05) is 11.1 Å². The van der Waals surface area contributed by atoms with Gasteiger partial charge in [-0.15, -0.1) is 0 Å². The molecule has 6 rings (SSSR count). The van der Waals surface area contributed by atoms with Gasteiger partial charge in [0.25, 0.3) is 0 Å². The summed E-state index contributed by atoms with van der Waals surface area (Å²) in [5.41, 5.74) is 2.62. The number of benzene rings is 4. The van der Waals surface area contributed by atoms with Gasteiger partial charge >= 0.3 is 0 Å². The SMILES string of the molecule is O=C1c2ccccc2C(=O)C12[C@H](c1ccccc1)C(/C=C/c1ccccc1)=NN2c1ccccc1. The number of nitrogens with zero attached hydrogens (tertiary/aromatic N) is 2. The van der Waals surface area contributed by atoms with E-state index in [2.05, 4.69) is 0 Å². The highest BCUT2D eigenvalue weighted by atomic mass is 16.2. The number of rotatable bonds is 4. The minimum absolute atomic E-state index is 0.220. The van der Waals surface area contributed by atoms with Crippen LogP contribution in [0.4, 0.5) is 5.69 Å². The maximum Gasteiger partial charge on any atom is 0.201 e. The lowest BCUT2D eigenvalue weighted by molar-refractivity contribution is 0.0791. The summed E-state index contributed by atoms with van der Waals surface area (Å²) in [5.74, 6) is -1.01. The quantitative estimate of drug-likeness (QED) is 0.346. The van der Waals surface area contributed by atoms with Gasteiger partial charge < -0.3 is 0 Å². The van der Waals surface area contributed by atoms with Crippen LogP contribution in [-0.2, 0) is 0 Å². The van der Waals surface area contributed by atoms with Crippen molar-refractivity contribution < 1.29 is 9.59 Å². The van der Waals surface area contributed by atoms with Gasteiger partial charge in [0.05, 0.1) is 17.3 Å². The van der Waals surface area contributed by atoms with Crippen LogP contribution in [0.25, 0.3) is 6.08 Å². The minimum Gasteiger partial charge on any atom is -0.291 e. The van der Waals surface area contributed by atoms with E-state index in [0.717, 1.165) is 11.1 Å². The van der Waals surface area contributed by atoms with Crippen molar-refractivity contribution in [2.24, 2.45) is 5.10 Å². The Morgan fingerprint density at radius 2 is 1.14 bits per heavy atom. The number of hydrogen-bond acceptors (Lipinski definition) is 4. The summed E-state index contributed by atoms with van der Waals surface area (Å²) in [4.78, 5) is 28.5. The van der Waals surface area contributed by atoms with E-state index in [-0.39, 0.29) is 11.6 Å². The summed E-state index contributed by atoms with van der Waals surface area (Å²) in [7, 11) is 0. The summed E-state index contributed by atoms with van der Waals surface area (Å²) in [6.45, 7) is 0. The number of hydrazone groups is 1. The van der Waals surface area contributed by atoms with Crippen molar-refractivity contribution in [3.8, 4) is 0 Å². The van der Waals surface area contributed by atoms with Crippen LogP contribution >= 0.6 is 0 Å². The Morgan fingerprint density at radius 3 is 1.74 bits per heavy atom. The van der Waals surface area contributed by atoms with Crippen molar-refractivity contribution in [3.05, 3.63) is 144 Å². The Labute approximate surface area is 203 Å². The van der Waals surface area contributed by atoms with Crippen LogP contribution in [0.3, 0.4) is 0 Å². The molecule has 0 bridgehead atoms. The molecule has 0 saturated heterocycles. The van der Waals surface area contributed by atoms with Crippen molar-refractivity contribution in [1.29, 1.82) is 0 Å². The molecule has 4 nitrogen and oxygen atoms in total. The molecule has 0 amide bonds. The van der Waals surface area contributed by atoms with Crippen LogP contribution in [0.15, 0.2) is 126 Å². The number of carbonyl (C=O) groups is 2. The topological polar surface area (TPSA) is 49.7 Å². The van der Waals surface area contributed by atoms with Crippen LogP contribution in [0.1, 0.15) is 37.8 Å². The average molecular weight is 455 g/mol. The molecule has 1 atom stereocenters. The maximum absolute atomic E-state index is 14.3. The van der Waals surface area contributed by atoms with E-state index < -0.39 is 11.5 Å². The molecule has 0 N–H and O–H groups in total. The highest BCUT2D eigenvalue weighted by Crippen LogP contribution is 2.50. The largest absolute Gasteiger partial charge is 0.291 e. The molecular formula is C31H22N2O2. The summed E-state index contributed by atoms with van der Waals surface area (Å²) in [6, 6.07) is 36.3. The van der Waals surface area contributed by atoms with Crippen LogP contribution in [-0.4, -0.2) is 22.8 Å². The fourth-order valence-corrected chi connectivity index (χ4v) is 5.20. The van der Waals surface area contributed by atoms with Gasteiger partial charge in [-0.3, -0.25) is 9.59 Å². The molecule has 1 aliphatic carbocycles. The zero-order valence-electron chi connectivity index (χ0n) is 18.9. The van der Waals surface area contributed by atoms with E-state index in [0.29, 0.717) is 22.5 Å². The number of fused-ring (bicyclic) bond motifs is 1. The van der Waals surface area contributed by atoms with Crippen molar-refractivity contribution in [2.75, 3.05) is 5.01 Å². The number of carbonyl (C=O) groups excluding carboxylic acids is 2. The smallest absolute Gasteiger partial charge is 0.201 e. The second-order valence-corrected chi connectivity index (χ2v) is 8.73. The summed E-state index contributed by atoms with van der Waals surface area (Å²) in [6.07, 6.45) is 3.91. The van der Waals surface area contributed by atoms with E-state index in [1.165, 1.54) is 0 Å². The molecule has 0 unspecified atom stereocenters. The molecule has 1 heterocycles. The van der Waals surface area contributed by atoms with E-state index in [1.807, 2.05) is 103 Å². The van der Waals surface area contributed by atoms with Crippen LogP contribution in [0.2, 0.25) is 0 Å². The lowest BCUT2D eigenvalue weighted by atomic mass is 9.73. The summed E-state index contributed by atoms with van der Waals surface area (Å²) < 4.78 is 0. The van der Waals surface area contributed by atoms with Crippen LogP contribution in [0, 0.1) is 0 Å². The second-order valence-electron chi connectivity index (χ2n) is 8.73. The predicted molar refractivity (Wildman–Crippen MR) is 139 cm³/mol. The third-order valence-electron chi connectivity index (χ3n) is 6.75. The maximum atomic E-state index is 14.3. The molecule has 1 aliphatic heterocycles. The first-order valence-electron chi connectivity index (χ1n) is 11.6. The van der Waals surface area contributed by atoms with Crippen LogP contribution < -0.4 is 5.01 Å². The molecule has 168 valence electrons. The Balaban J connectivity index is 1.60. The van der Waals surface area contributed by atoms with Gasteiger partial charge in [-0.2, -0.15) is 5.10 Å². The van der Waals surface area contributed by atoms with Gasteiger partial charge in [0.1, 0.15) is 0 Å². The van der Waals surface area contributed by atoms with Gasteiger partial charge in [0.15, 0.2) is 11.6 Å². The van der Waals surface area contributed by atoms with Gasteiger partial charge in [-0.1, -0.05) is 109 Å². The fourth-order valence-electron chi connectivity index (χ4n) is 5.20. The van der Waals surface area contributed by atoms with Gasteiger partial charge in [-0.25, -0.2) is 5.01 Å². The predicted octanol–water partition coefficient (Wildman–Crippen LogP) is 6.18. The van der Waals surface area contributed by atoms with Crippen LogP contribution in [0.5, 0.6) is 0 Å². The fraction of sp³-hybridized carbons (Fsp3) is 0.0645. The monoisotopic (exact) mass is 454 g/mol. The zero-order valence-corrected chi connectivity index (χ0v) is 18.9. The lowest BCUT2D eigenvalue weighted by Gasteiger charge is -2.36. The first-order valence-corrected chi connectivity index (χ1v) is 11.6. The molecule has 4 aromatic carbocycles. The average Bonchev–Trinajstić information content (AvgIpc) is 3.38. The minimum atomic E-state index is -1.53. The molecule has 0 aromatic heterocycles. The first kappa shape index (κ1) is 21.0. The Bertz CT molecular complexity index is 1440. The van der Waals surface area contributed by atoms with E-state index in [9.17, 15) is 9.59 Å². The number of para-hydroxylation sites is 1. The van der Waals surface area contributed by atoms with E-state index >= 15 is 0 Å². The van der Waals surface area contributed by atoms with Gasteiger partial charge in [0.2, 0.25) is 5.54 Å². The summed E-state index contributed by atoms with van der Waals surface area (Å²) >= 11 is 0. The van der Waals surface area contributed by atoms with E-state index in [4.69, 9.17) is 5.10 Å². The summed E-state index contributed by atoms with van der Waals surface area (Å²) in [5, 5.41) is 6.62. The number of ketones is 2. The number of anilines is 1. The first-order chi connectivity index (χ1) is 17.2. The number of hydrogen-bond donors (Lipinski definition) is 0. The molecule has 0 saturated carbocycles. The third-order valence-corrected chi connectivity index (χ3v) is 6.75. The third kappa shape index (κ3) is 3.18. The van der Waals surface area contributed by atoms with Crippen molar-refractivity contribution in [3.63, 3.8) is 0 Å². The molecule has 2 aliphatic rings. The van der Waals surface area contributed by atoms with Crippen molar-refractivity contribution in [1.82, 2.24) is 0 Å². The standard InChI is InChI=1S/C31H22N2O2/c34-29-25-18-10-11-19-26(25)30(35)31(29)28(23-14-6-2-7-15-23)27(21-20-22-12-4-1-5-13-22)32-33(31)24-16-8-3-9-17-24/h1-21,28H/b21-20+/t28-/m1/s1. The molecular weight excluding hydrogens is 432 g/mol. The van der Waals surface area contributed by atoms with Gasteiger partial charge in [-0.05, 0) is 29.3 Å². The highest BCUT2D eigenvalue weighted by Gasteiger charge is 2.66. The van der Waals surface area contributed by atoms with E-state index in [1.54, 1.807) is 29.3 Å². The molecule has 35 heavy (non-hydrogen) atoms.